The lowest BCUT2D eigenvalue weighted by molar-refractivity contribution is 0.226. The summed E-state index contributed by atoms with van der Waals surface area (Å²) < 4.78 is 44.8. The molecule has 0 radical (unpaired) electrons. The third-order valence-corrected chi connectivity index (χ3v) is 7.38. The Bertz CT molecular complexity index is 1300. The number of furan rings is 1. The zero-order valence-corrected chi connectivity index (χ0v) is 17.4. The number of hydrogen-bond donors (Lipinski definition) is 2. The summed E-state index contributed by atoms with van der Waals surface area (Å²) in [5, 5.41) is 24.4. The van der Waals surface area contributed by atoms with E-state index in [1.54, 1.807) is 12.3 Å². The van der Waals surface area contributed by atoms with Crippen LogP contribution in [0, 0.1) is 0 Å². The van der Waals surface area contributed by atoms with Crippen molar-refractivity contribution in [1.82, 2.24) is 15.1 Å². The Labute approximate surface area is 189 Å². The molecule has 162 valence electrons. The molecular formula is C25H30N4O2. The minimum absolute atomic E-state index is 0.128. The van der Waals surface area contributed by atoms with Crippen LogP contribution in [0.3, 0.4) is 0 Å². The fraction of sp³-hybridized carbons (Fsp3) is 0.520. The highest BCUT2D eigenvalue weighted by molar-refractivity contribution is 5.92. The summed E-state index contributed by atoms with van der Waals surface area (Å²) in [6.45, 7) is -4.40. The van der Waals surface area contributed by atoms with Crippen LogP contribution in [-0.2, 0) is 0 Å². The molecule has 2 fully saturated rings. The zero-order valence-electron chi connectivity index (χ0n) is 22.4. The Kier molecular flexibility index (Phi) is 3.51. The van der Waals surface area contributed by atoms with Crippen molar-refractivity contribution >= 4 is 16.8 Å². The van der Waals surface area contributed by atoms with Gasteiger partial charge in [-0.3, -0.25) is 0 Å². The number of fused-ring (bicyclic) bond motifs is 3. The van der Waals surface area contributed by atoms with Crippen molar-refractivity contribution in [3.63, 3.8) is 0 Å². The standard InChI is InChI=1S/C25H30N4O2/c1-2-29-12-3-4-17(14-29)26-25-22-16-7-5-15(6-8-16)21(22)23(27-28-25)19-9-10-20-18(24(19)30)11-13-31-20/h9-11,13,15-17,30H,2-8,12,14H2,1H3,(H,26,28)/t15?,16?,17-/m1/s1/i1D3,2D2. The molecule has 4 aliphatic rings. The molecule has 3 aromatic rings. The number of likely N-dealkylation sites (N-methyl/N-ethyl adjacent to an activating group) is 1. The molecule has 31 heavy (non-hydrogen) atoms. The second-order valence-electron chi connectivity index (χ2n) is 9.11. The van der Waals surface area contributed by atoms with E-state index in [1.807, 2.05) is 12.1 Å². The van der Waals surface area contributed by atoms with Crippen molar-refractivity contribution in [3.8, 4) is 17.0 Å². The third-order valence-electron chi connectivity index (χ3n) is 7.38. The van der Waals surface area contributed by atoms with Crippen LogP contribution in [0.2, 0.25) is 0 Å². The van der Waals surface area contributed by atoms with Gasteiger partial charge in [0, 0.05) is 30.6 Å². The number of piperidine rings is 1. The summed E-state index contributed by atoms with van der Waals surface area (Å²) in [7, 11) is 0. The van der Waals surface area contributed by atoms with E-state index in [0.29, 0.717) is 47.2 Å². The number of benzene rings is 1. The highest BCUT2D eigenvalue weighted by Gasteiger charge is 2.39. The first-order chi connectivity index (χ1) is 17.1. The van der Waals surface area contributed by atoms with E-state index in [0.717, 1.165) is 48.9 Å². The van der Waals surface area contributed by atoms with Gasteiger partial charge in [-0.25, -0.2) is 0 Å². The maximum atomic E-state index is 11.0. The first kappa shape index (κ1) is 14.5. The summed E-state index contributed by atoms with van der Waals surface area (Å²) in [5.74, 6) is 1.57. The third kappa shape index (κ3) is 3.11. The molecule has 6 nitrogen and oxygen atoms in total. The molecule has 1 saturated carbocycles. The van der Waals surface area contributed by atoms with Gasteiger partial charge in [0.25, 0.3) is 0 Å². The van der Waals surface area contributed by atoms with Gasteiger partial charge in [0.15, 0.2) is 5.82 Å². The number of anilines is 1. The van der Waals surface area contributed by atoms with Gasteiger partial charge in [0.1, 0.15) is 17.0 Å². The fourth-order valence-electron chi connectivity index (χ4n) is 5.88. The number of phenols is 1. The predicted octanol–water partition coefficient (Wildman–Crippen LogP) is 5.25. The van der Waals surface area contributed by atoms with Gasteiger partial charge in [-0.1, -0.05) is 6.85 Å². The van der Waals surface area contributed by atoms with Crippen LogP contribution in [-0.4, -0.2) is 45.8 Å². The first-order valence-electron chi connectivity index (χ1n) is 13.8. The number of nitrogens with one attached hydrogen (secondary N) is 1. The molecule has 0 spiro atoms. The monoisotopic (exact) mass is 423 g/mol. The van der Waals surface area contributed by atoms with Gasteiger partial charge in [0.05, 0.1) is 11.6 Å². The average Bonchev–Trinajstić information content (AvgIpc) is 3.35. The number of phenolic OH excluding ortho intramolecular Hbond substituents is 1. The second kappa shape index (κ2) is 7.52. The SMILES string of the molecule is [2H]C([2H])([2H])C([2H])([2H])N1CCC[C@@H](Nc2nnc(-c3ccc4occc4c3O)c3c2C2CCC3CC2)C1. The van der Waals surface area contributed by atoms with Crippen LogP contribution in [0.1, 0.15) is 75.2 Å². The van der Waals surface area contributed by atoms with E-state index in [1.165, 1.54) is 4.90 Å². The average molecular weight is 424 g/mol. The van der Waals surface area contributed by atoms with Gasteiger partial charge in [-0.15, -0.1) is 10.2 Å². The number of aromatic hydroxyl groups is 1. The van der Waals surface area contributed by atoms with Crippen LogP contribution in [0.25, 0.3) is 22.2 Å². The van der Waals surface area contributed by atoms with E-state index in [2.05, 4.69) is 15.5 Å². The fourth-order valence-corrected chi connectivity index (χ4v) is 5.88. The van der Waals surface area contributed by atoms with Crippen LogP contribution < -0.4 is 5.32 Å². The number of aromatic nitrogens is 2. The maximum Gasteiger partial charge on any atom is 0.152 e. The summed E-state index contributed by atoms with van der Waals surface area (Å²) in [5.41, 5.74) is 4.30. The number of nitrogens with zero attached hydrogens (tertiary/aromatic N) is 3. The molecule has 1 saturated heterocycles. The molecule has 1 atom stereocenters. The summed E-state index contributed by atoms with van der Waals surface area (Å²) in [6, 6.07) is 5.32. The summed E-state index contributed by atoms with van der Waals surface area (Å²) in [4.78, 5) is 1.43. The Morgan fingerprint density at radius 2 is 2.00 bits per heavy atom. The van der Waals surface area contributed by atoms with E-state index in [4.69, 9.17) is 11.3 Å². The lowest BCUT2D eigenvalue weighted by Gasteiger charge is -2.41. The lowest BCUT2D eigenvalue weighted by Crippen LogP contribution is -2.42. The molecule has 7 rings (SSSR count). The zero-order chi connectivity index (χ0) is 25.2. The molecule has 2 N–H and O–H groups in total. The van der Waals surface area contributed by atoms with Crippen molar-refractivity contribution in [1.29, 1.82) is 0 Å². The Morgan fingerprint density at radius 1 is 1.16 bits per heavy atom. The number of hydrogen-bond acceptors (Lipinski definition) is 6. The van der Waals surface area contributed by atoms with Gasteiger partial charge in [-0.05, 0) is 87.2 Å². The minimum atomic E-state index is -2.72. The Balaban J connectivity index is 1.37. The van der Waals surface area contributed by atoms with Crippen molar-refractivity contribution in [2.75, 3.05) is 24.9 Å². The van der Waals surface area contributed by atoms with Crippen LogP contribution in [0.4, 0.5) is 5.82 Å². The quantitative estimate of drug-likeness (QED) is 0.597. The molecule has 1 aliphatic heterocycles. The Hall–Kier alpha value is -2.60. The van der Waals surface area contributed by atoms with Crippen LogP contribution in [0.15, 0.2) is 28.9 Å². The van der Waals surface area contributed by atoms with E-state index in [-0.39, 0.29) is 18.3 Å². The van der Waals surface area contributed by atoms with Crippen molar-refractivity contribution < 1.29 is 16.4 Å². The molecule has 6 heteroatoms. The van der Waals surface area contributed by atoms with Gasteiger partial charge in [-0.2, -0.15) is 0 Å². The van der Waals surface area contributed by atoms with E-state index < -0.39 is 13.3 Å². The van der Waals surface area contributed by atoms with Crippen LogP contribution in [0.5, 0.6) is 5.75 Å². The second-order valence-corrected chi connectivity index (χ2v) is 9.11. The van der Waals surface area contributed by atoms with Crippen LogP contribution >= 0.6 is 0 Å². The number of rotatable bonds is 4. The van der Waals surface area contributed by atoms with Gasteiger partial charge < -0.3 is 19.7 Å². The van der Waals surface area contributed by atoms with Gasteiger partial charge >= 0.3 is 0 Å². The predicted molar refractivity (Wildman–Crippen MR) is 122 cm³/mol. The first-order valence-corrected chi connectivity index (χ1v) is 11.3. The highest BCUT2D eigenvalue weighted by Crippen LogP contribution is 2.54. The van der Waals surface area contributed by atoms with E-state index in [9.17, 15) is 5.11 Å². The topological polar surface area (TPSA) is 74.4 Å². The molecular weight excluding hydrogens is 388 g/mol. The van der Waals surface area contributed by atoms with E-state index >= 15 is 0 Å². The molecule has 0 amide bonds. The molecule has 0 unspecified atom stereocenters. The molecule has 3 heterocycles. The lowest BCUT2D eigenvalue weighted by atomic mass is 9.66. The van der Waals surface area contributed by atoms with Gasteiger partial charge in [0.2, 0.25) is 0 Å². The smallest absolute Gasteiger partial charge is 0.152 e. The largest absolute Gasteiger partial charge is 0.506 e. The molecule has 1 aromatic carbocycles. The van der Waals surface area contributed by atoms with Crippen molar-refractivity contribution in [2.45, 2.75) is 63.3 Å². The maximum absolute atomic E-state index is 11.0. The molecule has 2 aromatic heterocycles. The molecule has 3 aliphatic carbocycles. The Morgan fingerprint density at radius 3 is 2.84 bits per heavy atom. The van der Waals surface area contributed by atoms with Crippen molar-refractivity contribution in [2.24, 2.45) is 0 Å². The summed E-state index contributed by atoms with van der Waals surface area (Å²) in [6.07, 6.45) is 7.40. The normalized spacial score (nSPS) is 28.9. The number of likely N-dealkylation sites (tertiary alicyclic amines) is 1. The van der Waals surface area contributed by atoms with Crippen molar-refractivity contribution in [3.05, 3.63) is 35.6 Å². The summed E-state index contributed by atoms with van der Waals surface area (Å²) >= 11 is 0. The minimum Gasteiger partial charge on any atom is -0.506 e. The molecule has 2 bridgehead atoms. The highest BCUT2D eigenvalue weighted by atomic mass is 16.3.